The molecule has 130 valence electrons. The summed E-state index contributed by atoms with van der Waals surface area (Å²) in [5.74, 6) is 0.622. The predicted octanol–water partition coefficient (Wildman–Crippen LogP) is 4.12. The van der Waals surface area contributed by atoms with Gasteiger partial charge in [-0.3, -0.25) is 4.79 Å². The maximum absolute atomic E-state index is 12.5. The van der Waals surface area contributed by atoms with E-state index in [0.717, 1.165) is 27.9 Å². The van der Waals surface area contributed by atoms with E-state index in [1.807, 2.05) is 24.3 Å². The molecule has 4 rings (SSSR count). The Labute approximate surface area is 159 Å². The summed E-state index contributed by atoms with van der Waals surface area (Å²) >= 11 is 3.47. The van der Waals surface area contributed by atoms with Gasteiger partial charge in [0.1, 0.15) is 17.3 Å². The largest absolute Gasteiger partial charge is 0.339 e. The summed E-state index contributed by atoms with van der Waals surface area (Å²) in [4.78, 5) is 19.2. The van der Waals surface area contributed by atoms with Crippen LogP contribution in [0.5, 0.6) is 0 Å². The van der Waals surface area contributed by atoms with Crippen molar-refractivity contribution in [3.05, 3.63) is 63.0 Å². The van der Waals surface area contributed by atoms with Gasteiger partial charge in [-0.15, -0.1) is 0 Å². The number of anilines is 2. The molecule has 0 spiro atoms. The highest BCUT2D eigenvalue weighted by molar-refractivity contribution is 9.10. The van der Waals surface area contributed by atoms with Gasteiger partial charge in [0.2, 0.25) is 0 Å². The summed E-state index contributed by atoms with van der Waals surface area (Å²) in [5, 5.41) is 9.25. The first-order chi connectivity index (χ1) is 12.6. The quantitative estimate of drug-likeness (QED) is 0.651. The summed E-state index contributed by atoms with van der Waals surface area (Å²) in [6.45, 7) is 0.836. The van der Waals surface area contributed by atoms with Crippen LogP contribution in [0, 0.1) is 17.2 Å². The monoisotopic (exact) mass is 408 g/mol. The molecule has 0 bridgehead atoms. The Kier molecular flexibility index (Phi) is 4.25. The van der Waals surface area contributed by atoms with Crippen molar-refractivity contribution in [3.8, 4) is 6.07 Å². The second-order valence-electron chi connectivity index (χ2n) is 6.63. The highest BCUT2D eigenvalue weighted by Crippen LogP contribution is 2.37. The molecule has 1 fully saturated rings. The molecule has 0 aliphatic heterocycles. The lowest BCUT2D eigenvalue weighted by molar-refractivity contribution is 0.811. The minimum absolute atomic E-state index is 0.0862. The van der Waals surface area contributed by atoms with Crippen LogP contribution in [-0.2, 0) is 7.05 Å². The molecule has 1 saturated carbocycles. The highest BCUT2D eigenvalue weighted by Gasteiger charge is 2.27. The fraction of sp³-hybridized carbons (Fsp3) is 0.250. The third-order valence-electron chi connectivity index (χ3n) is 4.75. The Morgan fingerprint density at radius 2 is 2.00 bits per heavy atom. The van der Waals surface area contributed by atoms with Gasteiger partial charge in [0.15, 0.2) is 0 Å². The summed E-state index contributed by atoms with van der Waals surface area (Å²) in [7, 11) is 1.73. The molecular weight excluding hydrogens is 392 g/mol. The van der Waals surface area contributed by atoms with Gasteiger partial charge in [0.05, 0.1) is 11.2 Å². The number of rotatable bonds is 4. The zero-order valence-corrected chi connectivity index (χ0v) is 15.9. The first kappa shape index (κ1) is 16.8. The number of hydrogen-bond acceptors (Lipinski definition) is 4. The normalized spacial score (nSPS) is 13.6. The smallest absolute Gasteiger partial charge is 0.252 e. The number of benzene rings is 1. The Morgan fingerprint density at radius 3 is 2.65 bits per heavy atom. The Morgan fingerprint density at radius 1 is 1.27 bits per heavy atom. The van der Waals surface area contributed by atoms with Crippen LogP contribution in [0.3, 0.4) is 0 Å². The lowest BCUT2D eigenvalue weighted by atomic mass is 10.2. The standard InChI is InChI=1S/C20H17BrN4O/c1-24-17-9-6-15(11-22)23-20(17)18(10-19(24)26)25(12-13-2-3-13)16-7-4-14(21)5-8-16/h4-10,13H,2-3,12H2,1H3. The second kappa shape index (κ2) is 6.58. The average molecular weight is 409 g/mol. The van der Waals surface area contributed by atoms with Gasteiger partial charge in [-0.25, -0.2) is 4.98 Å². The van der Waals surface area contributed by atoms with Gasteiger partial charge in [0, 0.05) is 29.8 Å². The third kappa shape index (κ3) is 3.11. The fourth-order valence-corrected chi connectivity index (χ4v) is 3.37. The molecular formula is C20H17BrN4O. The van der Waals surface area contributed by atoms with Gasteiger partial charge < -0.3 is 9.47 Å². The van der Waals surface area contributed by atoms with Crippen molar-refractivity contribution >= 4 is 38.3 Å². The Hall–Kier alpha value is -2.65. The van der Waals surface area contributed by atoms with Crippen molar-refractivity contribution in [2.75, 3.05) is 11.4 Å². The first-order valence-corrected chi connectivity index (χ1v) is 9.30. The first-order valence-electron chi connectivity index (χ1n) is 8.51. The van der Waals surface area contributed by atoms with Crippen molar-refractivity contribution in [2.45, 2.75) is 12.8 Å². The van der Waals surface area contributed by atoms with E-state index >= 15 is 0 Å². The minimum Gasteiger partial charge on any atom is -0.339 e. The molecule has 1 aromatic carbocycles. The molecule has 0 amide bonds. The van der Waals surface area contributed by atoms with Gasteiger partial charge in [0.25, 0.3) is 5.56 Å². The number of pyridine rings is 2. The molecule has 1 aliphatic carbocycles. The van der Waals surface area contributed by atoms with E-state index in [1.54, 1.807) is 29.8 Å². The molecule has 3 aromatic rings. The molecule has 26 heavy (non-hydrogen) atoms. The topological polar surface area (TPSA) is 61.9 Å². The minimum atomic E-state index is -0.0862. The Bertz CT molecular complexity index is 1080. The van der Waals surface area contributed by atoms with Gasteiger partial charge in [-0.1, -0.05) is 15.9 Å². The lowest BCUT2D eigenvalue weighted by Gasteiger charge is -2.26. The van der Waals surface area contributed by atoms with E-state index in [1.165, 1.54) is 12.8 Å². The fourth-order valence-electron chi connectivity index (χ4n) is 3.10. The second-order valence-corrected chi connectivity index (χ2v) is 7.55. The summed E-state index contributed by atoms with van der Waals surface area (Å²) < 4.78 is 2.58. The zero-order valence-electron chi connectivity index (χ0n) is 14.3. The Balaban J connectivity index is 1.96. The summed E-state index contributed by atoms with van der Waals surface area (Å²) in [5.41, 5.74) is 3.43. The van der Waals surface area contributed by atoms with E-state index in [-0.39, 0.29) is 5.56 Å². The zero-order chi connectivity index (χ0) is 18.3. The summed E-state index contributed by atoms with van der Waals surface area (Å²) in [6, 6.07) is 15.2. The number of hydrogen-bond donors (Lipinski definition) is 0. The van der Waals surface area contributed by atoms with Crippen LogP contribution < -0.4 is 10.5 Å². The number of aromatic nitrogens is 2. The lowest BCUT2D eigenvalue weighted by Crippen LogP contribution is -2.25. The molecule has 0 saturated heterocycles. The molecule has 6 heteroatoms. The van der Waals surface area contributed by atoms with Crippen molar-refractivity contribution in [3.63, 3.8) is 0 Å². The molecule has 0 N–H and O–H groups in total. The van der Waals surface area contributed by atoms with Gasteiger partial charge >= 0.3 is 0 Å². The molecule has 2 aromatic heterocycles. The third-order valence-corrected chi connectivity index (χ3v) is 5.28. The number of fused-ring (bicyclic) bond motifs is 1. The predicted molar refractivity (Wildman–Crippen MR) is 106 cm³/mol. The molecule has 0 atom stereocenters. The van der Waals surface area contributed by atoms with E-state index in [0.29, 0.717) is 17.1 Å². The highest BCUT2D eigenvalue weighted by atomic mass is 79.9. The van der Waals surface area contributed by atoms with Crippen LogP contribution >= 0.6 is 15.9 Å². The average Bonchev–Trinajstić information content (AvgIpc) is 3.47. The van der Waals surface area contributed by atoms with E-state index in [9.17, 15) is 10.1 Å². The molecule has 5 nitrogen and oxygen atoms in total. The van der Waals surface area contributed by atoms with E-state index in [2.05, 4.69) is 31.9 Å². The number of nitrogens with zero attached hydrogens (tertiary/aromatic N) is 4. The van der Waals surface area contributed by atoms with Crippen molar-refractivity contribution in [1.82, 2.24) is 9.55 Å². The number of halogens is 1. The maximum Gasteiger partial charge on any atom is 0.252 e. The van der Waals surface area contributed by atoms with Crippen LogP contribution in [0.4, 0.5) is 11.4 Å². The summed E-state index contributed by atoms with van der Waals surface area (Å²) in [6.07, 6.45) is 2.40. The SMILES string of the molecule is Cn1c(=O)cc(N(CC2CC2)c2ccc(Br)cc2)c2nc(C#N)ccc21. The maximum atomic E-state index is 12.5. The molecule has 2 heterocycles. The van der Waals surface area contributed by atoms with E-state index < -0.39 is 0 Å². The van der Waals surface area contributed by atoms with E-state index in [4.69, 9.17) is 0 Å². The number of aryl methyl sites for hydroxylation is 1. The molecule has 1 aliphatic rings. The van der Waals surface area contributed by atoms with Gasteiger partial charge in [-0.2, -0.15) is 5.26 Å². The van der Waals surface area contributed by atoms with Crippen LogP contribution in [0.15, 0.2) is 51.7 Å². The van der Waals surface area contributed by atoms with Crippen molar-refractivity contribution in [1.29, 1.82) is 5.26 Å². The van der Waals surface area contributed by atoms with Crippen LogP contribution in [0.25, 0.3) is 11.0 Å². The molecule has 0 radical (unpaired) electrons. The van der Waals surface area contributed by atoms with Crippen LogP contribution in [-0.4, -0.2) is 16.1 Å². The van der Waals surface area contributed by atoms with Crippen molar-refractivity contribution < 1.29 is 0 Å². The van der Waals surface area contributed by atoms with Crippen LogP contribution in [0.2, 0.25) is 0 Å². The van der Waals surface area contributed by atoms with Crippen LogP contribution in [0.1, 0.15) is 18.5 Å². The molecule has 0 unspecified atom stereocenters. The van der Waals surface area contributed by atoms with Gasteiger partial charge in [-0.05, 0) is 55.2 Å². The van der Waals surface area contributed by atoms with Crippen molar-refractivity contribution in [2.24, 2.45) is 13.0 Å². The number of nitriles is 1.